The molecule has 1 aromatic carbocycles. The van der Waals surface area contributed by atoms with Crippen LogP contribution in [0, 0.1) is 25.5 Å². The lowest BCUT2D eigenvalue weighted by atomic mass is 10.1. The minimum absolute atomic E-state index is 0.171. The number of carbonyl (C=O) groups is 1. The van der Waals surface area contributed by atoms with Gasteiger partial charge in [-0.15, -0.1) is 0 Å². The van der Waals surface area contributed by atoms with Crippen LogP contribution < -0.4 is 5.32 Å². The van der Waals surface area contributed by atoms with Crippen molar-refractivity contribution in [2.75, 3.05) is 5.32 Å². The van der Waals surface area contributed by atoms with Crippen molar-refractivity contribution in [2.45, 2.75) is 13.8 Å². The van der Waals surface area contributed by atoms with Gasteiger partial charge in [0.15, 0.2) is 5.89 Å². The minimum atomic E-state index is -0.933. The van der Waals surface area contributed by atoms with E-state index in [1.807, 2.05) is 0 Å². The van der Waals surface area contributed by atoms with E-state index < -0.39 is 23.1 Å². The Bertz CT molecular complexity index is 884. The Morgan fingerprint density at radius 3 is 2.38 bits per heavy atom. The van der Waals surface area contributed by atoms with Gasteiger partial charge in [0, 0.05) is 18.7 Å². The van der Waals surface area contributed by atoms with Crippen molar-refractivity contribution in [1.82, 2.24) is 9.97 Å². The number of nitrogens with zero attached hydrogens (tertiary/aromatic N) is 2. The number of rotatable bonds is 3. The predicted molar refractivity (Wildman–Crippen MR) is 83.5 cm³/mol. The zero-order valence-corrected chi connectivity index (χ0v) is 12.9. The van der Waals surface area contributed by atoms with Crippen molar-refractivity contribution < 1.29 is 18.0 Å². The standard InChI is InChI=1S/C17H13F2N3O2/c1-9-16(21-10(2)24-9)11-6-7-14(20-8-11)22-17(23)15-12(18)4-3-5-13(15)19/h3-8H,1-2H3,(H,20,22,23). The molecule has 7 heteroatoms. The molecule has 0 radical (unpaired) electrons. The lowest BCUT2D eigenvalue weighted by molar-refractivity contribution is 0.101. The van der Waals surface area contributed by atoms with Crippen molar-refractivity contribution in [2.24, 2.45) is 0 Å². The second-order valence-electron chi connectivity index (χ2n) is 5.12. The Balaban J connectivity index is 1.82. The average molecular weight is 329 g/mol. The van der Waals surface area contributed by atoms with Crippen molar-refractivity contribution in [3.8, 4) is 11.3 Å². The summed E-state index contributed by atoms with van der Waals surface area (Å²) < 4.78 is 32.5. The Morgan fingerprint density at radius 1 is 1.12 bits per heavy atom. The molecule has 2 aromatic heterocycles. The van der Waals surface area contributed by atoms with E-state index in [1.165, 1.54) is 18.3 Å². The fraction of sp³-hybridized carbons (Fsp3) is 0.118. The summed E-state index contributed by atoms with van der Waals surface area (Å²) in [7, 11) is 0. The first-order valence-corrected chi connectivity index (χ1v) is 7.11. The number of hydrogen-bond donors (Lipinski definition) is 1. The van der Waals surface area contributed by atoms with Crippen molar-refractivity contribution in [3.63, 3.8) is 0 Å². The first kappa shape index (κ1) is 15.8. The molecule has 122 valence electrons. The second kappa shape index (κ2) is 6.19. The van der Waals surface area contributed by atoms with E-state index in [-0.39, 0.29) is 5.82 Å². The maximum atomic E-state index is 13.6. The molecule has 2 heterocycles. The van der Waals surface area contributed by atoms with E-state index >= 15 is 0 Å². The largest absolute Gasteiger partial charge is 0.446 e. The van der Waals surface area contributed by atoms with Crippen LogP contribution in [0.15, 0.2) is 40.9 Å². The molecule has 5 nitrogen and oxygen atoms in total. The predicted octanol–water partition coefficient (Wildman–Crippen LogP) is 3.88. The van der Waals surface area contributed by atoms with E-state index in [1.54, 1.807) is 19.9 Å². The lowest BCUT2D eigenvalue weighted by Gasteiger charge is -2.07. The van der Waals surface area contributed by atoms with Gasteiger partial charge in [0.1, 0.15) is 34.5 Å². The van der Waals surface area contributed by atoms with Gasteiger partial charge < -0.3 is 9.73 Å². The third-order valence-corrected chi connectivity index (χ3v) is 3.37. The van der Waals surface area contributed by atoms with E-state index in [4.69, 9.17) is 4.42 Å². The van der Waals surface area contributed by atoms with E-state index in [0.717, 1.165) is 12.1 Å². The first-order valence-electron chi connectivity index (χ1n) is 7.11. The molecule has 0 aliphatic rings. The second-order valence-corrected chi connectivity index (χ2v) is 5.12. The van der Waals surface area contributed by atoms with Crippen molar-refractivity contribution in [3.05, 3.63) is 65.4 Å². The fourth-order valence-corrected chi connectivity index (χ4v) is 2.30. The van der Waals surface area contributed by atoms with Crippen LogP contribution in [0.1, 0.15) is 22.0 Å². The van der Waals surface area contributed by atoms with Crippen LogP contribution in [0.3, 0.4) is 0 Å². The minimum Gasteiger partial charge on any atom is -0.446 e. The van der Waals surface area contributed by atoms with Crippen molar-refractivity contribution >= 4 is 11.7 Å². The fourth-order valence-electron chi connectivity index (χ4n) is 2.30. The van der Waals surface area contributed by atoms with Crippen LogP contribution in [-0.4, -0.2) is 15.9 Å². The highest BCUT2D eigenvalue weighted by Gasteiger charge is 2.17. The Hall–Kier alpha value is -3.09. The summed E-state index contributed by atoms with van der Waals surface area (Å²) in [5.41, 5.74) is 0.712. The summed E-state index contributed by atoms with van der Waals surface area (Å²) in [5, 5.41) is 2.36. The summed E-state index contributed by atoms with van der Waals surface area (Å²) in [6, 6.07) is 6.44. The van der Waals surface area contributed by atoms with Crippen LogP contribution in [-0.2, 0) is 0 Å². The average Bonchev–Trinajstić information content (AvgIpc) is 2.86. The Morgan fingerprint density at radius 2 is 1.83 bits per heavy atom. The number of nitrogens with one attached hydrogen (secondary N) is 1. The number of halogens is 2. The van der Waals surface area contributed by atoms with Gasteiger partial charge in [0.25, 0.3) is 5.91 Å². The highest BCUT2D eigenvalue weighted by Crippen LogP contribution is 2.23. The molecule has 0 unspecified atom stereocenters. The molecule has 0 saturated heterocycles. The number of aromatic nitrogens is 2. The molecule has 0 spiro atoms. The molecule has 0 bridgehead atoms. The first-order chi connectivity index (χ1) is 11.5. The zero-order chi connectivity index (χ0) is 17.3. The smallest absolute Gasteiger partial charge is 0.262 e. The summed E-state index contributed by atoms with van der Waals surface area (Å²) in [4.78, 5) is 20.3. The monoisotopic (exact) mass is 329 g/mol. The molecule has 3 rings (SSSR count). The molecular weight excluding hydrogens is 316 g/mol. The lowest BCUT2D eigenvalue weighted by Crippen LogP contribution is -2.16. The molecule has 0 aliphatic heterocycles. The van der Waals surface area contributed by atoms with Crippen LogP contribution in [0.5, 0.6) is 0 Å². The molecule has 24 heavy (non-hydrogen) atoms. The van der Waals surface area contributed by atoms with E-state index in [2.05, 4.69) is 15.3 Å². The number of carbonyl (C=O) groups excluding carboxylic acids is 1. The number of pyridine rings is 1. The van der Waals surface area contributed by atoms with E-state index in [9.17, 15) is 13.6 Å². The summed E-state index contributed by atoms with van der Waals surface area (Å²) >= 11 is 0. The van der Waals surface area contributed by atoms with Gasteiger partial charge in [0.2, 0.25) is 0 Å². The third kappa shape index (κ3) is 3.01. The van der Waals surface area contributed by atoms with Gasteiger partial charge in [-0.3, -0.25) is 4.79 Å². The Labute approximate surface area is 136 Å². The van der Waals surface area contributed by atoms with Gasteiger partial charge in [-0.2, -0.15) is 0 Å². The molecule has 0 aliphatic carbocycles. The van der Waals surface area contributed by atoms with Gasteiger partial charge in [-0.25, -0.2) is 18.7 Å². The van der Waals surface area contributed by atoms with Crippen LogP contribution >= 0.6 is 0 Å². The number of oxazole rings is 1. The summed E-state index contributed by atoms with van der Waals surface area (Å²) in [6.45, 7) is 3.52. The number of benzene rings is 1. The Kier molecular flexibility index (Phi) is 4.07. The summed E-state index contributed by atoms with van der Waals surface area (Å²) in [6.07, 6.45) is 1.50. The summed E-state index contributed by atoms with van der Waals surface area (Å²) in [5.74, 6) is -1.41. The van der Waals surface area contributed by atoms with Gasteiger partial charge in [-0.05, 0) is 31.2 Å². The van der Waals surface area contributed by atoms with Gasteiger partial charge in [-0.1, -0.05) is 6.07 Å². The SMILES string of the molecule is Cc1nc(-c2ccc(NC(=O)c3c(F)cccc3F)nc2)c(C)o1. The maximum absolute atomic E-state index is 13.6. The third-order valence-electron chi connectivity index (χ3n) is 3.37. The molecule has 1 N–H and O–H groups in total. The normalized spacial score (nSPS) is 10.7. The maximum Gasteiger partial charge on any atom is 0.262 e. The highest BCUT2D eigenvalue weighted by atomic mass is 19.1. The number of hydrogen-bond acceptors (Lipinski definition) is 4. The molecule has 3 aromatic rings. The highest BCUT2D eigenvalue weighted by molar-refractivity contribution is 6.04. The van der Waals surface area contributed by atoms with Crippen LogP contribution in [0.4, 0.5) is 14.6 Å². The quantitative estimate of drug-likeness (QED) is 0.792. The van der Waals surface area contributed by atoms with Gasteiger partial charge in [0.05, 0.1) is 0 Å². The number of amides is 1. The number of aryl methyl sites for hydroxylation is 2. The van der Waals surface area contributed by atoms with Crippen LogP contribution in [0.2, 0.25) is 0 Å². The molecule has 0 saturated carbocycles. The van der Waals surface area contributed by atoms with E-state index in [0.29, 0.717) is 22.9 Å². The number of anilines is 1. The van der Waals surface area contributed by atoms with Gasteiger partial charge >= 0.3 is 0 Å². The molecular formula is C17H13F2N3O2. The molecule has 0 atom stereocenters. The molecule has 1 amide bonds. The topological polar surface area (TPSA) is 68.0 Å². The van der Waals surface area contributed by atoms with Crippen LogP contribution in [0.25, 0.3) is 11.3 Å². The van der Waals surface area contributed by atoms with Crippen molar-refractivity contribution in [1.29, 1.82) is 0 Å². The zero-order valence-electron chi connectivity index (χ0n) is 12.9. The molecule has 0 fully saturated rings.